The first kappa shape index (κ1) is 15.9. The standard InChI is InChI=1S/C11H24N4O2.4H2/c1-4-9(2)15-8-11(17)14-6-5-13-10(16)7-12-3;;;;/h9,12,15H,4-8H2,1-3H3,(H,13,16)(H,14,17);4*1H. The fraction of sp³-hybridized carbons (Fsp3) is 0.818. The van der Waals surface area contributed by atoms with Crippen LogP contribution in [0.1, 0.15) is 26.0 Å². The molecule has 0 rings (SSSR count). The molecule has 0 aliphatic carbocycles. The topological polar surface area (TPSA) is 82.3 Å². The summed E-state index contributed by atoms with van der Waals surface area (Å²) in [6.07, 6.45) is 0.993. The zero-order valence-corrected chi connectivity index (χ0v) is 10.9. The molecule has 0 aromatic carbocycles. The molecule has 0 saturated heterocycles. The smallest absolute Gasteiger partial charge is 0.234 e. The van der Waals surface area contributed by atoms with E-state index in [-0.39, 0.29) is 17.5 Å². The Morgan fingerprint density at radius 3 is 2.12 bits per heavy atom. The molecule has 1 unspecified atom stereocenters. The SMILES string of the molecule is CCC(C)NCC(=O)NCCNC(=O)CNC.[HH].[HH].[HH].[HH]. The maximum atomic E-state index is 11.3. The van der Waals surface area contributed by atoms with Crippen molar-refractivity contribution < 1.29 is 15.3 Å². The average molecular weight is 252 g/mol. The molecule has 0 bridgehead atoms. The fourth-order valence-electron chi connectivity index (χ4n) is 1.10. The van der Waals surface area contributed by atoms with Crippen molar-refractivity contribution in [1.29, 1.82) is 0 Å². The molecule has 0 radical (unpaired) electrons. The lowest BCUT2D eigenvalue weighted by molar-refractivity contribution is -0.122. The van der Waals surface area contributed by atoms with E-state index in [0.717, 1.165) is 6.42 Å². The van der Waals surface area contributed by atoms with Crippen LogP contribution in [0, 0.1) is 0 Å². The predicted octanol–water partition coefficient (Wildman–Crippen LogP) is -0.190. The van der Waals surface area contributed by atoms with Gasteiger partial charge in [-0.2, -0.15) is 0 Å². The van der Waals surface area contributed by atoms with E-state index in [2.05, 4.69) is 28.2 Å². The van der Waals surface area contributed by atoms with Gasteiger partial charge in [0, 0.05) is 24.8 Å². The van der Waals surface area contributed by atoms with Gasteiger partial charge in [0.15, 0.2) is 0 Å². The van der Waals surface area contributed by atoms with Crippen molar-refractivity contribution in [2.45, 2.75) is 26.3 Å². The largest absolute Gasteiger partial charge is 0.353 e. The van der Waals surface area contributed by atoms with E-state index in [0.29, 0.717) is 32.2 Å². The molecule has 0 aliphatic heterocycles. The van der Waals surface area contributed by atoms with Crippen molar-refractivity contribution in [3.8, 4) is 0 Å². The average Bonchev–Trinajstić information content (AvgIpc) is 2.32. The highest BCUT2D eigenvalue weighted by molar-refractivity contribution is 5.79. The maximum Gasteiger partial charge on any atom is 0.234 e. The number of carbonyl (C=O) groups is 2. The third kappa shape index (κ3) is 9.77. The lowest BCUT2D eigenvalue weighted by Crippen LogP contribution is -2.42. The lowest BCUT2D eigenvalue weighted by atomic mass is 10.2. The second-order valence-corrected chi connectivity index (χ2v) is 3.92. The van der Waals surface area contributed by atoms with Crippen molar-refractivity contribution in [2.75, 3.05) is 33.2 Å². The predicted molar refractivity (Wildman–Crippen MR) is 76.2 cm³/mol. The third-order valence-electron chi connectivity index (χ3n) is 2.33. The molecule has 0 aromatic rings. The molecule has 108 valence electrons. The van der Waals surface area contributed by atoms with Gasteiger partial charge in [0.2, 0.25) is 11.8 Å². The second kappa shape index (κ2) is 10.0. The Balaban J connectivity index is -0.000000213. The zero-order valence-electron chi connectivity index (χ0n) is 10.9. The van der Waals surface area contributed by atoms with Gasteiger partial charge in [0.1, 0.15) is 0 Å². The summed E-state index contributed by atoms with van der Waals surface area (Å²) >= 11 is 0. The summed E-state index contributed by atoms with van der Waals surface area (Å²) in [4.78, 5) is 22.4. The van der Waals surface area contributed by atoms with E-state index in [1.165, 1.54) is 0 Å². The molecule has 0 saturated carbocycles. The number of carbonyl (C=O) groups excluding carboxylic acids is 2. The molecule has 0 aromatic heterocycles. The van der Waals surface area contributed by atoms with Crippen LogP contribution < -0.4 is 21.3 Å². The first-order chi connectivity index (χ1) is 8.10. The first-order valence-electron chi connectivity index (χ1n) is 6.01. The summed E-state index contributed by atoms with van der Waals surface area (Å²) in [7, 11) is 1.71. The Labute approximate surface area is 109 Å². The summed E-state index contributed by atoms with van der Waals surface area (Å²) in [6, 6.07) is 0.344. The van der Waals surface area contributed by atoms with E-state index in [1.807, 2.05) is 6.92 Å². The molecule has 6 nitrogen and oxygen atoms in total. The molecule has 0 aliphatic rings. The van der Waals surface area contributed by atoms with Gasteiger partial charge in [-0.25, -0.2) is 0 Å². The summed E-state index contributed by atoms with van der Waals surface area (Å²) in [6.45, 7) is 5.62. The summed E-state index contributed by atoms with van der Waals surface area (Å²) in [5, 5.41) is 11.2. The molecule has 0 spiro atoms. The van der Waals surface area contributed by atoms with Crippen molar-refractivity contribution in [3.63, 3.8) is 0 Å². The van der Waals surface area contributed by atoms with Crippen LogP contribution >= 0.6 is 0 Å². The van der Waals surface area contributed by atoms with Crippen LogP contribution in [-0.4, -0.2) is 51.1 Å². The first-order valence-corrected chi connectivity index (χ1v) is 6.01. The van der Waals surface area contributed by atoms with E-state index in [1.54, 1.807) is 7.05 Å². The highest BCUT2D eigenvalue weighted by Crippen LogP contribution is 1.85. The number of rotatable bonds is 9. The van der Waals surface area contributed by atoms with Gasteiger partial charge < -0.3 is 21.3 Å². The fourth-order valence-corrected chi connectivity index (χ4v) is 1.10. The van der Waals surface area contributed by atoms with Gasteiger partial charge in [-0.05, 0) is 20.4 Å². The molecule has 0 fully saturated rings. The minimum absolute atomic E-state index is 0. The van der Waals surface area contributed by atoms with Crippen LogP contribution in [0.5, 0.6) is 0 Å². The minimum Gasteiger partial charge on any atom is -0.353 e. The Kier molecular flexibility index (Phi) is 9.37. The summed E-state index contributed by atoms with van der Waals surface area (Å²) < 4.78 is 0. The monoisotopic (exact) mass is 252 g/mol. The van der Waals surface area contributed by atoms with Crippen molar-refractivity contribution in [1.82, 2.24) is 21.3 Å². The Morgan fingerprint density at radius 1 is 1.12 bits per heavy atom. The van der Waals surface area contributed by atoms with Gasteiger partial charge in [-0.3, -0.25) is 9.59 Å². The third-order valence-corrected chi connectivity index (χ3v) is 2.33. The molecular weight excluding hydrogens is 220 g/mol. The molecule has 2 amide bonds. The molecule has 1 atom stereocenters. The van der Waals surface area contributed by atoms with Crippen LogP contribution in [0.25, 0.3) is 0 Å². The summed E-state index contributed by atoms with van der Waals surface area (Å²) in [5.74, 6) is -0.118. The number of hydrogen-bond donors (Lipinski definition) is 4. The van der Waals surface area contributed by atoms with E-state index >= 15 is 0 Å². The normalized spacial score (nSPS) is 11.9. The van der Waals surface area contributed by atoms with E-state index < -0.39 is 0 Å². The Bertz CT molecular complexity index is 248. The van der Waals surface area contributed by atoms with Gasteiger partial charge in [0.25, 0.3) is 0 Å². The molecule has 4 N–H and O–H groups in total. The molecule has 6 heteroatoms. The number of amides is 2. The minimum atomic E-state index is -0.0699. The van der Waals surface area contributed by atoms with Gasteiger partial charge in [-0.15, -0.1) is 0 Å². The maximum absolute atomic E-state index is 11.3. The van der Waals surface area contributed by atoms with Gasteiger partial charge in [-0.1, -0.05) is 6.92 Å². The van der Waals surface area contributed by atoms with Gasteiger partial charge >= 0.3 is 0 Å². The highest BCUT2D eigenvalue weighted by atomic mass is 16.2. The van der Waals surface area contributed by atoms with Crippen molar-refractivity contribution in [2.24, 2.45) is 0 Å². The van der Waals surface area contributed by atoms with Crippen LogP contribution in [0.2, 0.25) is 0 Å². The van der Waals surface area contributed by atoms with Gasteiger partial charge in [0.05, 0.1) is 13.1 Å². The molecular formula is C11H32N4O2. The molecule has 0 heterocycles. The van der Waals surface area contributed by atoms with Crippen LogP contribution in [0.15, 0.2) is 0 Å². The number of likely N-dealkylation sites (N-methyl/N-ethyl adjacent to an activating group) is 1. The highest BCUT2D eigenvalue weighted by Gasteiger charge is 2.03. The van der Waals surface area contributed by atoms with E-state index in [4.69, 9.17) is 0 Å². The van der Waals surface area contributed by atoms with Crippen LogP contribution in [0.4, 0.5) is 0 Å². The summed E-state index contributed by atoms with van der Waals surface area (Å²) in [5.41, 5.74) is 0. The van der Waals surface area contributed by atoms with Crippen molar-refractivity contribution >= 4 is 11.8 Å². The van der Waals surface area contributed by atoms with Crippen LogP contribution in [-0.2, 0) is 9.59 Å². The Hall–Kier alpha value is -1.14. The molecule has 17 heavy (non-hydrogen) atoms. The quantitative estimate of drug-likeness (QED) is 0.429. The van der Waals surface area contributed by atoms with E-state index in [9.17, 15) is 9.59 Å². The number of hydrogen-bond acceptors (Lipinski definition) is 4. The van der Waals surface area contributed by atoms with Crippen LogP contribution in [0.3, 0.4) is 0 Å². The number of nitrogens with one attached hydrogen (secondary N) is 4. The van der Waals surface area contributed by atoms with Crippen molar-refractivity contribution in [3.05, 3.63) is 0 Å². The second-order valence-electron chi connectivity index (χ2n) is 3.92. The zero-order chi connectivity index (χ0) is 13.1. The Morgan fingerprint density at radius 2 is 1.65 bits per heavy atom. The lowest BCUT2D eigenvalue weighted by Gasteiger charge is -2.11.